The van der Waals surface area contributed by atoms with Crippen LogP contribution in [0.2, 0.25) is 0 Å². The van der Waals surface area contributed by atoms with E-state index >= 15 is 0 Å². The Balaban J connectivity index is 1.93. The SMILES string of the molecule is CON(C)C(=O)NCc1ccc2c(c1)OCO2. The van der Waals surface area contributed by atoms with E-state index in [-0.39, 0.29) is 12.8 Å². The number of urea groups is 1. The molecule has 0 atom stereocenters. The summed E-state index contributed by atoms with van der Waals surface area (Å²) in [5, 5.41) is 3.82. The summed E-state index contributed by atoms with van der Waals surface area (Å²) in [6.45, 7) is 0.654. The van der Waals surface area contributed by atoms with Gasteiger partial charge in [0.15, 0.2) is 11.5 Å². The second-order valence-corrected chi connectivity index (χ2v) is 3.53. The number of hydrogen-bond donors (Lipinski definition) is 1. The molecule has 0 saturated heterocycles. The van der Waals surface area contributed by atoms with Crippen LogP contribution < -0.4 is 14.8 Å². The van der Waals surface area contributed by atoms with Crippen LogP contribution in [-0.4, -0.2) is 32.0 Å². The fourth-order valence-electron chi connectivity index (χ4n) is 1.42. The zero-order valence-electron chi connectivity index (χ0n) is 9.73. The quantitative estimate of drug-likeness (QED) is 0.801. The average Bonchev–Trinajstić information content (AvgIpc) is 2.82. The molecule has 0 aromatic heterocycles. The zero-order valence-corrected chi connectivity index (χ0v) is 9.73. The van der Waals surface area contributed by atoms with Gasteiger partial charge in [-0.3, -0.25) is 4.84 Å². The first-order valence-corrected chi connectivity index (χ1v) is 5.15. The van der Waals surface area contributed by atoms with Crippen molar-refractivity contribution in [2.75, 3.05) is 21.0 Å². The van der Waals surface area contributed by atoms with E-state index in [0.717, 1.165) is 16.4 Å². The second-order valence-electron chi connectivity index (χ2n) is 3.53. The van der Waals surface area contributed by atoms with Gasteiger partial charge in [-0.25, -0.2) is 9.86 Å². The number of carbonyl (C=O) groups excluding carboxylic acids is 1. The molecule has 1 aliphatic rings. The molecule has 0 aliphatic carbocycles. The van der Waals surface area contributed by atoms with E-state index in [4.69, 9.17) is 14.3 Å². The van der Waals surface area contributed by atoms with Crippen molar-refractivity contribution in [1.29, 1.82) is 0 Å². The number of carbonyl (C=O) groups is 1. The van der Waals surface area contributed by atoms with E-state index in [2.05, 4.69) is 5.32 Å². The number of rotatable bonds is 3. The lowest BCUT2D eigenvalue weighted by molar-refractivity contribution is -0.0648. The van der Waals surface area contributed by atoms with E-state index in [1.54, 1.807) is 0 Å². The summed E-state index contributed by atoms with van der Waals surface area (Å²) in [5.41, 5.74) is 0.937. The molecule has 0 radical (unpaired) electrons. The topological polar surface area (TPSA) is 60.0 Å². The average molecular weight is 238 g/mol. The molecular weight excluding hydrogens is 224 g/mol. The Bertz CT molecular complexity index is 422. The Labute approximate surface area is 99.0 Å². The number of ether oxygens (including phenoxy) is 2. The highest BCUT2D eigenvalue weighted by Gasteiger charge is 2.13. The first-order valence-electron chi connectivity index (χ1n) is 5.15. The first kappa shape index (κ1) is 11.5. The van der Waals surface area contributed by atoms with Gasteiger partial charge in [-0.2, -0.15) is 0 Å². The molecule has 17 heavy (non-hydrogen) atoms. The molecule has 1 aromatic rings. The molecule has 1 aliphatic heterocycles. The minimum Gasteiger partial charge on any atom is -0.454 e. The van der Waals surface area contributed by atoms with Crippen LogP contribution in [0.1, 0.15) is 5.56 Å². The van der Waals surface area contributed by atoms with E-state index in [9.17, 15) is 4.79 Å². The maximum atomic E-state index is 11.4. The Morgan fingerprint density at radius 3 is 3.00 bits per heavy atom. The summed E-state index contributed by atoms with van der Waals surface area (Å²) in [7, 11) is 2.97. The van der Waals surface area contributed by atoms with Crippen molar-refractivity contribution in [3.8, 4) is 11.5 Å². The Morgan fingerprint density at radius 2 is 2.24 bits per heavy atom. The highest BCUT2D eigenvalue weighted by atomic mass is 16.7. The van der Waals surface area contributed by atoms with Gasteiger partial charge in [0.1, 0.15) is 0 Å². The predicted molar refractivity (Wildman–Crippen MR) is 59.6 cm³/mol. The van der Waals surface area contributed by atoms with Gasteiger partial charge in [0.05, 0.1) is 7.11 Å². The molecule has 6 heteroatoms. The number of hydroxylamine groups is 2. The number of benzene rings is 1. The second kappa shape index (κ2) is 4.92. The van der Waals surface area contributed by atoms with E-state index in [1.807, 2.05) is 18.2 Å². The van der Waals surface area contributed by atoms with Crippen molar-refractivity contribution < 1.29 is 19.1 Å². The van der Waals surface area contributed by atoms with Gasteiger partial charge in [0.25, 0.3) is 0 Å². The lowest BCUT2D eigenvalue weighted by atomic mass is 10.2. The van der Waals surface area contributed by atoms with Crippen molar-refractivity contribution in [3.63, 3.8) is 0 Å². The van der Waals surface area contributed by atoms with Gasteiger partial charge in [-0.05, 0) is 17.7 Å². The largest absolute Gasteiger partial charge is 0.454 e. The standard InChI is InChI=1S/C11H14N2O4/c1-13(15-2)11(14)12-6-8-3-4-9-10(5-8)17-7-16-9/h3-5H,6-7H2,1-2H3,(H,12,14). The fourth-order valence-corrected chi connectivity index (χ4v) is 1.42. The number of fused-ring (bicyclic) bond motifs is 1. The lowest BCUT2D eigenvalue weighted by Crippen LogP contribution is -2.35. The van der Waals surface area contributed by atoms with Crippen molar-refractivity contribution >= 4 is 6.03 Å². The smallest absolute Gasteiger partial charge is 0.341 e. The summed E-state index contributed by atoms with van der Waals surface area (Å²) in [6.07, 6.45) is 0. The molecule has 1 aromatic carbocycles. The summed E-state index contributed by atoms with van der Waals surface area (Å²) in [4.78, 5) is 16.2. The highest BCUT2D eigenvalue weighted by Crippen LogP contribution is 2.32. The van der Waals surface area contributed by atoms with Crippen LogP contribution in [-0.2, 0) is 11.4 Å². The van der Waals surface area contributed by atoms with Gasteiger partial charge in [0.2, 0.25) is 6.79 Å². The molecule has 0 fully saturated rings. The summed E-state index contributed by atoms with van der Waals surface area (Å²) < 4.78 is 10.4. The van der Waals surface area contributed by atoms with Crippen molar-refractivity contribution in [3.05, 3.63) is 23.8 Å². The van der Waals surface area contributed by atoms with E-state index in [1.165, 1.54) is 14.2 Å². The minimum absolute atomic E-state index is 0.248. The van der Waals surface area contributed by atoms with Crippen LogP contribution in [0.3, 0.4) is 0 Å². The molecule has 0 bridgehead atoms. The summed E-state index contributed by atoms with van der Waals surface area (Å²) >= 11 is 0. The van der Waals surface area contributed by atoms with Crippen LogP contribution in [0.5, 0.6) is 11.5 Å². The third kappa shape index (κ3) is 2.59. The van der Waals surface area contributed by atoms with Gasteiger partial charge < -0.3 is 14.8 Å². The molecule has 2 rings (SSSR count). The molecule has 92 valence electrons. The molecule has 0 unspecified atom stereocenters. The third-order valence-electron chi connectivity index (χ3n) is 2.44. The number of amides is 2. The molecule has 0 saturated carbocycles. The highest BCUT2D eigenvalue weighted by molar-refractivity contribution is 5.72. The fraction of sp³-hybridized carbons (Fsp3) is 0.364. The van der Waals surface area contributed by atoms with E-state index < -0.39 is 0 Å². The predicted octanol–water partition coefficient (Wildman–Crippen LogP) is 1.12. The Hall–Kier alpha value is -1.95. The number of hydrogen-bond acceptors (Lipinski definition) is 4. The summed E-state index contributed by atoms with van der Waals surface area (Å²) in [5.74, 6) is 1.44. The Kier molecular flexibility index (Phi) is 3.34. The van der Waals surface area contributed by atoms with Gasteiger partial charge in [-0.15, -0.1) is 0 Å². The molecule has 2 amide bonds. The number of nitrogens with one attached hydrogen (secondary N) is 1. The summed E-state index contributed by atoms with van der Waals surface area (Å²) in [6, 6.07) is 5.24. The van der Waals surface area contributed by atoms with Crippen LogP contribution in [0.15, 0.2) is 18.2 Å². The normalized spacial score (nSPS) is 12.4. The van der Waals surface area contributed by atoms with Gasteiger partial charge >= 0.3 is 6.03 Å². The van der Waals surface area contributed by atoms with Crippen molar-refractivity contribution in [2.24, 2.45) is 0 Å². The van der Waals surface area contributed by atoms with Crippen LogP contribution in [0, 0.1) is 0 Å². The molecular formula is C11H14N2O4. The van der Waals surface area contributed by atoms with Crippen molar-refractivity contribution in [2.45, 2.75) is 6.54 Å². The van der Waals surface area contributed by atoms with Crippen LogP contribution >= 0.6 is 0 Å². The van der Waals surface area contributed by atoms with Crippen molar-refractivity contribution in [1.82, 2.24) is 10.4 Å². The third-order valence-corrected chi connectivity index (χ3v) is 2.44. The maximum Gasteiger partial charge on any atom is 0.341 e. The first-order chi connectivity index (χ1) is 8.20. The van der Waals surface area contributed by atoms with Crippen LogP contribution in [0.25, 0.3) is 0 Å². The molecule has 1 N–H and O–H groups in total. The lowest BCUT2D eigenvalue weighted by Gasteiger charge is -2.14. The van der Waals surface area contributed by atoms with Gasteiger partial charge in [-0.1, -0.05) is 6.07 Å². The molecule has 1 heterocycles. The monoisotopic (exact) mass is 238 g/mol. The van der Waals surface area contributed by atoms with E-state index in [0.29, 0.717) is 12.3 Å². The molecule has 0 spiro atoms. The molecule has 6 nitrogen and oxygen atoms in total. The maximum absolute atomic E-state index is 11.4. The van der Waals surface area contributed by atoms with Gasteiger partial charge in [0, 0.05) is 13.6 Å². The minimum atomic E-state index is -0.301. The zero-order chi connectivity index (χ0) is 12.3. The Morgan fingerprint density at radius 1 is 1.47 bits per heavy atom. The number of nitrogens with zero attached hydrogens (tertiary/aromatic N) is 1. The van der Waals surface area contributed by atoms with Crippen LogP contribution in [0.4, 0.5) is 4.79 Å².